The number of ether oxygens (including phenoxy) is 6. The summed E-state index contributed by atoms with van der Waals surface area (Å²) in [5, 5.41) is 0. The van der Waals surface area contributed by atoms with Crippen LogP contribution in [0.25, 0.3) is 0 Å². The Kier molecular flexibility index (Phi) is 8.83. The molecule has 11 nitrogen and oxygen atoms in total. The molecule has 28 heavy (non-hydrogen) atoms. The van der Waals surface area contributed by atoms with E-state index in [-0.39, 0.29) is 13.0 Å². The van der Waals surface area contributed by atoms with E-state index in [2.05, 4.69) is 0 Å². The zero-order valence-electron chi connectivity index (χ0n) is 16.3. The highest BCUT2D eigenvalue weighted by Gasteiger charge is 2.53. The maximum atomic E-state index is 11.6. The van der Waals surface area contributed by atoms with Crippen LogP contribution in [0.5, 0.6) is 0 Å². The molecular formula is C17H24O11. The van der Waals surface area contributed by atoms with E-state index in [0.29, 0.717) is 0 Å². The Labute approximate surface area is 161 Å². The van der Waals surface area contributed by atoms with Crippen molar-refractivity contribution in [1.29, 1.82) is 0 Å². The van der Waals surface area contributed by atoms with Crippen LogP contribution in [0.4, 0.5) is 0 Å². The highest BCUT2D eigenvalue weighted by molar-refractivity contribution is 5.69. The molecule has 0 saturated carbocycles. The molecule has 1 fully saturated rings. The lowest BCUT2D eigenvalue weighted by Crippen LogP contribution is -2.62. The third kappa shape index (κ3) is 7.51. The Bertz CT molecular complexity index is 614. The molecule has 1 saturated heterocycles. The van der Waals surface area contributed by atoms with Crippen LogP contribution in [-0.2, 0) is 52.4 Å². The highest BCUT2D eigenvalue weighted by Crippen LogP contribution is 2.31. The fourth-order valence-corrected chi connectivity index (χ4v) is 2.66. The van der Waals surface area contributed by atoms with E-state index in [1.54, 1.807) is 0 Å². The van der Waals surface area contributed by atoms with Gasteiger partial charge in [0.2, 0.25) is 12.4 Å². The second kappa shape index (κ2) is 10.6. The summed E-state index contributed by atoms with van der Waals surface area (Å²) in [6.07, 6.45) is -6.28. The van der Waals surface area contributed by atoms with Gasteiger partial charge < -0.3 is 28.4 Å². The van der Waals surface area contributed by atoms with E-state index in [1.807, 2.05) is 0 Å². The van der Waals surface area contributed by atoms with Gasteiger partial charge in [-0.25, -0.2) is 0 Å². The minimum absolute atomic E-state index is 0.0276. The predicted molar refractivity (Wildman–Crippen MR) is 88.3 cm³/mol. The fourth-order valence-electron chi connectivity index (χ4n) is 2.66. The van der Waals surface area contributed by atoms with E-state index < -0.39 is 60.6 Å². The third-order valence-electron chi connectivity index (χ3n) is 3.49. The maximum absolute atomic E-state index is 11.6. The van der Waals surface area contributed by atoms with Gasteiger partial charge in [-0.1, -0.05) is 0 Å². The lowest BCUT2D eigenvalue weighted by molar-refractivity contribution is -0.297. The predicted octanol–water partition coefficient (Wildman–Crippen LogP) is 0.0227. The number of carbonyl (C=O) groups excluding carboxylic acids is 5. The van der Waals surface area contributed by atoms with Crippen molar-refractivity contribution >= 4 is 29.8 Å². The van der Waals surface area contributed by atoms with Crippen molar-refractivity contribution in [2.45, 2.75) is 71.7 Å². The van der Waals surface area contributed by atoms with Crippen molar-refractivity contribution in [3.63, 3.8) is 0 Å². The van der Waals surface area contributed by atoms with Crippen LogP contribution in [0, 0.1) is 0 Å². The van der Waals surface area contributed by atoms with Crippen molar-refractivity contribution in [1.82, 2.24) is 0 Å². The quantitative estimate of drug-likeness (QED) is 0.419. The molecule has 1 aliphatic heterocycles. The summed E-state index contributed by atoms with van der Waals surface area (Å²) in [7, 11) is 0. The van der Waals surface area contributed by atoms with Crippen LogP contribution in [0.1, 0.15) is 41.0 Å². The number of rotatable bonds is 7. The summed E-state index contributed by atoms with van der Waals surface area (Å²) in [5.74, 6) is -3.50. The summed E-state index contributed by atoms with van der Waals surface area (Å²) < 4.78 is 31.1. The van der Waals surface area contributed by atoms with Gasteiger partial charge in [-0.15, -0.1) is 0 Å². The van der Waals surface area contributed by atoms with Gasteiger partial charge in [0.05, 0.1) is 6.61 Å². The molecule has 158 valence electrons. The number of esters is 5. The van der Waals surface area contributed by atoms with E-state index >= 15 is 0 Å². The van der Waals surface area contributed by atoms with Crippen LogP contribution in [-0.4, -0.2) is 67.2 Å². The molecular weight excluding hydrogens is 380 g/mol. The Morgan fingerprint density at radius 3 is 1.57 bits per heavy atom. The first kappa shape index (κ1) is 23.3. The number of carbonyl (C=O) groups is 5. The largest absolute Gasteiger partial charge is 0.466 e. The molecule has 0 aliphatic carbocycles. The SMILES string of the molecule is CC(=O)OCC[C@H]1O[C@H](OC(C)=O)[C@H](OC(C)=O)[C@@H](OC(C)=O)[C@H]1OC(C)=O. The molecule has 0 radical (unpaired) electrons. The fraction of sp³-hybridized carbons (Fsp3) is 0.706. The maximum Gasteiger partial charge on any atom is 0.305 e. The smallest absolute Gasteiger partial charge is 0.305 e. The van der Waals surface area contributed by atoms with Gasteiger partial charge >= 0.3 is 29.8 Å². The Morgan fingerprint density at radius 2 is 1.11 bits per heavy atom. The van der Waals surface area contributed by atoms with Crippen LogP contribution in [0.15, 0.2) is 0 Å². The molecule has 0 aromatic rings. The number of hydrogen-bond acceptors (Lipinski definition) is 11. The molecule has 0 unspecified atom stereocenters. The Hall–Kier alpha value is -2.69. The van der Waals surface area contributed by atoms with Crippen molar-refractivity contribution in [3.8, 4) is 0 Å². The van der Waals surface area contributed by atoms with Crippen LogP contribution < -0.4 is 0 Å². The normalized spacial score (nSPS) is 26.5. The molecule has 0 aromatic carbocycles. The van der Waals surface area contributed by atoms with Crippen molar-refractivity contribution < 1.29 is 52.4 Å². The zero-order chi connectivity index (χ0) is 21.4. The topological polar surface area (TPSA) is 141 Å². The molecule has 0 N–H and O–H groups in total. The second-order valence-corrected chi connectivity index (χ2v) is 6.00. The molecule has 11 heteroatoms. The summed E-state index contributed by atoms with van der Waals surface area (Å²) in [6.45, 7) is 5.57. The lowest BCUT2D eigenvalue weighted by atomic mass is 9.96. The summed E-state index contributed by atoms with van der Waals surface area (Å²) in [5.41, 5.74) is 0. The van der Waals surface area contributed by atoms with Gasteiger partial charge in [0.15, 0.2) is 12.2 Å². The first-order valence-electron chi connectivity index (χ1n) is 8.49. The van der Waals surface area contributed by atoms with Crippen molar-refractivity contribution in [3.05, 3.63) is 0 Å². The molecule has 0 aromatic heterocycles. The van der Waals surface area contributed by atoms with Gasteiger partial charge in [0.1, 0.15) is 6.10 Å². The molecule has 1 heterocycles. The van der Waals surface area contributed by atoms with Gasteiger partial charge in [-0.05, 0) is 0 Å². The van der Waals surface area contributed by atoms with Crippen molar-refractivity contribution in [2.24, 2.45) is 0 Å². The highest BCUT2D eigenvalue weighted by atomic mass is 16.7. The van der Waals surface area contributed by atoms with Crippen LogP contribution >= 0.6 is 0 Å². The molecule has 5 atom stereocenters. The molecule has 1 rings (SSSR count). The van der Waals surface area contributed by atoms with E-state index in [9.17, 15) is 24.0 Å². The lowest BCUT2D eigenvalue weighted by Gasteiger charge is -2.43. The average molecular weight is 404 g/mol. The van der Waals surface area contributed by atoms with Gasteiger partial charge in [-0.3, -0.25) is 24.0 Å². The van der Waals surface area contributed by atoms with Crippen molar-refractivity contribution in [2.75, 3.05) is 6.61 Å². The standard InChI is InChI=1S/C17H24O11/c1-8(18)23-7-6-13-14(24-9(2)19)15(25-10(3)20)16(26-11(4)21)17(28-13)27-12(5)22/h13-17H,6-7H2,1-5H3/t13-,14+,15+,16-,17+/m1/s1. The monoisotopic (exact) mass is 404 g/mol. The van der Waals surface area contributed by atoms with Crippen LogP contribution in [0.3, 0.4) is 0 Å². The first-order valence-corrected chi connectivity index (χ1v) is 8.49. The molecule has 0 bridgehead atoms. The van der Waals surface area contributed by atoms with Gasteiger partial charge in [0, 0.05) is 41.0 Å². The Balaban J connectivity index is 3.24. The van der Waals surface area contributed by atoms with Gasteiger partial charge in [-0.2, -0.15) is 0 Å². The van der Waals surface area contributed by atoms with E-state index in [4.69, 9.17) is 28.4 Å². The molecule has 1 aliphatic rings. The zero-order valence-corrected chi connectivity index (χ0v) is 16.3. The van der Waals surface area contributed by atoms with Crippen LogP contribution in [0.2, 0.25) is 0 Å². The first-order chi connectivity index (χ1) is 13.0. The Morgan fingerprint density at radius 1 is 0.643 bits per heavy atom. The molecule has 0 amide bonds. The second-order valence-electron chi connectivity index (χ2n) is 6.00. The summed E-state index contributed by atoms with van der Waals surface area (Å²) in [6, 6.07) is 0. The van der Waals surface area contributed by atoms with E-state index in [1.165, 1.54) is 6.92 Å². The number of hydrogen-bond donors (Lipinski definition) is 0. The minimum atomic E-state index is -1.43. The van der Waals surface area contributed by atoms with E-state index in [0.717, 1.165) is 27.7 Å². The average Bonchev–Trinajstić information content (AvgIpc) is 2.51. The summed E-state index contributed by atoms with van der Waals surface area (Å²) >= 11 is 0. The summed E-state index contributed by atoms with van der Waals surface area (Å²) in [4.78, 5) is 57.1. The third-order valence-corrected chi connectivity index (χ3v) is 3.49. The molecule has 0 spiro atoms. The minimum Gasteiger partial charge on any atom is -0.466 e. The van der Waals surface area contributed by atoms with Gasteiger partial charge in [0.25, 0.3) is 0 Å².